The van der Waals surface area contributed by atoms with E-state index in [2.05, 4.69) is 26.0 Å². The summed E-state index contributed by atoms with van der Waals surface area (Å²) in [5.41, 5.74) is 10.9. The highest BCUT2D eigenvalue weighted by Gasteiger charge is 2.30. The molecule has 6 nitrogen and oxygen atoms in total. The van der Waals surface area contributed by atoms with Crippen LogP contribution in [0.15, 0.2) is 43.0 Å². The Hall–Kier alpha value is -3.15. The third kappa shape index (κ3) is 2.76. The van der Waals surface area contributed by atoms with Crippen molar-refractivity contribution in [2.45, 2.75) is 25.7 Å². The van der Waals surface area contributed by atoms with Gasteiger partial charge in [0.25, 0.3) is 0 Å². The van der Waals surface area contributed by atoms with Gasteiger partial charge in [0.05, 0.1) is 17.0 Å². The molecule has 2 heterocycles. The molecule has 1 aliphatic rings. The molecule has 3 aromatic rings. The second-order valence-corrected chi connectivity index (χ2v) is 6.23. The summed E-state index contributed by atoms with van der Waals surface area (Å²) in [6.07, 6.45) is 6.18. The van der Waals surface area contributed by atoms with Gasteiger partial charge in [-0.1, -0.05) is 24.3 Å². The van der Waals surface area contributed by atoms with Crippen molar-refractivity contribution < 1.29 is 4.79 Å². The lowest BCUT2D eigenvalue weighted by atomic mass is 9.79. The fourth-order valence-electron chi connectivity index (χ4n) is 3.57. The highest BCUT2D eigenvalue weighted by atomic mass is 16.1. The van der Waals surface area contributed by atoms with E-state index in [1.165, 1.54) is 6.33 Å². The summed E-state index contributed by atoms with van der Waals surface area (Å²) in [4.78, 5) is 29.4. The minimum absolute atomic E-state index is 0.0464. The molecule has 2 N–H and O–H groups in total. The number of aryl methyl sites for hydroxylation is 1. The number of benzene rings is 1. The summed E-state index contributed by atoms with van der Waals surface area (Å²) >= 11 is 0. The number of carbonyl (C=O) groups excluding carboxylic acids is 1. The lowest BCUT2D eigenvalue weighted by molar-refractivity contribution is 0.0962. The number of carbonyl (C=O) groups is 1. The number of hydrogen-bond acceptors (Lipinski definition) is 6. The molecule has 4 rings (SSSR count). The smallest absolute Gasteiger partial charge is 0.220 e. The molecule has 1 atom stereocenters. The van der Waals surface area contributed by atoms with Crippen molar-refractivity contribution in [3.05, 3.63) is 65.5 Å². The lowest BCUT2D eigenvalue weighted by Gasteiger charge is -2.26. The van der Waals surface area contributed by atoms with Crippen molar-refractivity contribution in [2.24, 2.45) is 0 Å². The molecule has 124 valence electrons. The van der Waals surface area contributed by atoms with Crippen LogP contribution < -0.4 is 5.73 Å². The molecule has 0 radical (unpaired) electrons. The highest BCUT2D eigenvalue weighted by Crippen LogP contribution is 2.37. The first-order chi connectivity index (χ1) is 12.1. The van der Waals surface area contributed by atoms with Gasteiger partial charge in [0.15, 0.2) is 5.78 Å². The number of ketones is 1. The van der Waals surface area contributed by atoms with E-state index >= 15 is 0 Å². The molecule has 0 saturated carbocycles. The summed E-state index contributed by atoms with van der Waals surface area (Å²) in [7, 11) is 0. The number of hydrogen-bond donors (Lipinski definition) is 1. The summed E-state index contributed by atoms with van der Waals surface area (Å²) < 4.78 is 0. The number of nitrogens with zero attached hydrogens (tertiary/aromatic N) is 4. The van der Waals surface area contributed by atoms with Crippen LogP contribution in [-0.4, -0.2) is 25.7 Å². The Morgan fingerprint density at radius 2 is 1.84 bits per heavy atom. The van der Waals surface area contributed by atoms with E-state index in [0.717, 1.165) is 22.4 Å². The topological polar surface area (TPSA) is 94.7 Å². The molecule has 6 heteroatoms. The molecule has 0 spiro atoms. The number of aromatic nitrogens is 4. The minimum atomic E-state index is 0.0464. The van der Waals surface area contributed by atoms with Gasteiger partial charge >= 0.3 is 0 Å². The van der Waals surface area contributed by atoms with Crippen LogP contribution in [0.1, 0.15) is 39.6 Å². The molecule has 2 aromatic heterocycles. The molecule has 25 heavy (non-hydrogen) atoms. The molecule has 0 amide bonds. The maximum Gasteiger partial charge on any atom is 0.220 e. The molecule has 0 fully saturated rings. The average Bonchev–Trinajstić information content (AvgIpc) is 2.61. The number of nitrogen functional groups attached to an aromatic ring is 1. The second kappa shape index (κ2) is 6.05. The average molecular weight is 331 g/mol. The monoisotopic (exact) mass is 331 g/mol. The summed E-state index contributed by atoms with van der Waals surface area (Å²) in [6.45, 7) is 1.81. The molecule has 0 aliphatic heterocycles. The maximum absolute atomic E-state index is 12.7. The zero-order valence-electron chi connectivity index (χ0n) is 13.8. The molecule has 0 saturated heterocycles. The number of rotatable bonds is 2. The lowest BCUT2D eigenvalue weighted by Crippen LogP contribution is -2.23. The van der Waals surface area contributed by atoms with E-state index in [1.54, 1.807) is 12.4 Å². The van der Waals surface area contributed by atoms with Gasteiger partial charge in [0.2, 0.25) is 5.95 Å². The third-order valence-electron chi connectivity index (χ3n) is 4.60. The zero-order valence-corrected chi connectivity index (χ0v) is 13.8. The van der Waals surface area contributed by atoms with Gasteiger partial charge in [0.1, 0.15) is 6.33 Å². The van der Waals surface area contributed by atoms with E-state index in [0.29, 0.717) is 24.1 Å². The van der Waals surface area contributed by atoms with Crippen molar-refractivity contribution in [1.82, 2.24) is 19.9 Å². The van der Waals surface area contributed by atoms with Crippen LogP contribution in [-0.2, 0) is 6.42 Å². The third-order valence-corrected chi connectivity index (χ3v) is 4.60. The fourth-order valence-corrected chi connectivity index (χ4v) is 3.57. The van der Waals surface area contributed by atoms with Gasteiger partial charge in [-0.05, 0) is 30.4 Å². The Balaban J connectivity index is 1.79. The minimum Gasteiger partial charge on any atom is -0.368 e. The first-order valence-electron chi connectivity index (χ1n) is 8.14. The summed E-state index contributed by atoms with van der Waals surface area (Å²) in [5, 5.41) is 0. The Bertz CT molecular complexity index is 955. The van der Waals surface area contributed by atoms with Gasteiger partial charge in [-0.2, -0.15) is 0 Å². The Morgan fingerprint density at radius 3 is 2.64 bits per heavy atom. The van der Waals surface area contributed by atoms with Crippen LogP contribution in [0.4, 0.5) is 5.95 Å². The molecule has 1 aliphatic carbocycles. The van der Waals surface area contributed by atoms with Gasteiger partial charge in [-0.25, -0.2) is 19.9 Å². The summed E-state index contributed by atoms with van der Waals surface area (Å²) in [6, 6.07) is 8.06. The predicted molar refractivity (Wildman–Crippen MR) is 94.0 cm³/mol. The number of nitrogens with two attached hydrogens (primary N) is 1. The molecule has 1 unspecified atom stereocenters. The van der Waals surface area contributed by atoms with Crippen molar-refractivity contribution in [3.63, 3.8) is 0 Å². The van der Waals surface area contributed by atoms with Crippen LogP contribution in [0.2, 0.25) is 0 Å². The van der Waals surface area contributed by atoms with Crippen LogP contribution in [0, 0.1) is 6.92 Å². The zero-order chi connectivity index (χ0) is 17.4. The fraction of sp³-hybridized carbons (Fsp3) is 0.211. The molecular weight excluding hydrogens is 314 g/mol. The van der Waals surface area contributed by atoms with E-state index in [1.807, 2.05) is 25.1 Å². The molecule has 1 aromatic carbocycles. The quantitative estimate of drug-likeness (QED) is 0.776. The Labute approximate surface area is 145 Å². The maximum atomic E-state index is 12.7. The first-order valence-corrected chi connectivity index (χ1v) is 8.14. The predicted octanol–water partition coefficient (Wildman–Crippen LogP) is 2.74. The van der Waals surface area contributed by atoms with E-state index in [9.17, 15) is 4.79 Å². The van der Waals surface area contributed by atoms with Crippen molar-refractivity contribution >= 4 is 11.7 Å². The Morgan fingerprint density at radius 1 is 1.08 bits per heavy atom. The SMILES string of the molecule is Cc1nc(N)nc2c1C(=O)CC(c1ccccc1-c1cncnc1)C2. The van der Waals surface area contributed by atoms with E-state index in [-0.39, 0.29) is 17.6 Å². The molecular formula is C19H17N5O. The van der Waals surface area contributed by atoms with Crippen LogP contribution >= 0.6 is 0 Å². The van der Waals surface area contributed by atoms with Crippen LogP contribution in [0.5, 0.6) is 0 Å². The van der Waals surface area contributed by atoms with Crippen molar-refractivity contribution in [1.29, 1.82) is 0 Å². The number of fused-ring (bicyclic) bond motifs is 1. The number of anilines is 1. The van der Waals surface area contributed by atoms with Gasteiger partial charge in [-0.3, -0.25) is 4.79 Å². The van der Waals surface area contributed by atoms with Crippen LogP contribution in [0.25, 0.3) is 11.1 Å². The second-order valence-electron chi connectivity index (χ2n) is 6.23. The first kappa shape index (κ1) is 15.4. The Kier molecular flexibility index (Phi) is 3.72. The largest absolute Gasteiger partial charge is 0.368 e. The van der Waals surface area contributed by atoms with Gasteiger partial charge in [-0.15, -0.1) is 0 Å². The van der Waals surface area contributed by atoms with Crippen molar-refractivity contribution in [3.8, 4) is 11.1 Å². The summed E-state index contributed by atoms with van der Waals surface area (Å²) in [5.74, 6) is 0.336. The van der Waals surface area contributed by atoms with E-state index in [4.69, 9.17) is 5.73 Å². The molecule has 0 bridgehead atoms. The highest BCUT2D eigenvalue weighted by molar-refractivity contribution is 6.00. The normalized spacial score (nSPS) is 16.5. The van der Waals surface area contributed by atoms with E-state index < -0.39 is 0 Å². The van der Waals surface area contributed by atoms with Crippen LogP contribution in [0.3, 0.4) is 0 Å². The van der Waals surface area contributed by atoms with Gasteiger partial charge in [0, 0.05) is 24.4 Å². The van der Waals surface area contributed by atoms with Crippen molar-refractivity contribution in [2.75, 3.05) is 5.73 Å². The number of Topliss-reactive ketones (excluding diaryl/α,β-unsaturated/α-hetero) is 1. The van der Waals surface area contributed by atoms with Gasteiger partial charge < -0.3 is 5.73 Å². The standard InChI is InChI=1S/C19H17N5O/c1-11-18-16(24-19(20)23-11)6-12(7-17(18)25)14-4-2-3-5-15(14)13-8-21-10-22-9-13/h2-5,8-10,12H,6-7H2,1H3,(H2,20,23,24).